The molecule has 0 aliphatic rings. The number of nitrogens with two attached hydrogens (primary N) is 1. The zero-order chi connectivity index (χ0) is 30.9. The minimum atomic E-state index is -3.75. The summed E-state index contributed by atoms with van der Waals surface area (Å²) in [6, 6.07) is 16.3. The number of hydrogen-bond acceptors (Lipinski definition) is 6. The molecule has 9 nitrogen and oxygen atoms in total. The van der Waals surface area contributed by atoms with Crippen molar-refractivity contribution in [1.82, 2.24) is 14.8 Å². The van der Waals surface area contributed by atoms with Crippen LogP contribution in [0.3, 0.4) is 0 Å². The van der Waals surface area contributed by atoms with Crippen LogP contribution in [-0.2, 0) is 10.0 Å². The molecule has 5 rings (SSSR count). The lowest BCUT2D eigenvalue weighted by Gasteiger charge is -2.15. The molecule has 0 bridgehead atoms. The summed E-state index contributed by atoms with van der Waals surface area (Å²) in [6.07, 6.45) is 1.28. The monoisotopic (exact) mass is 607 g/mol. The van der Waals surface area contributed by atoms with Gasteiger partial charge in [-0.15, -0.1) is 0 Å². The Labute approximate surface area is 247 Å². The van der Waals surface area contributed by atoms with Crippen LogP contribution in [-0.4, -0.2) is 41.4 Å². The van der Waals surface area contributed by atoms with Crippen molar-refractivity contribution in [2.75, 3.05) is 22.9 Å². The number of nitrogen functional groups attached to an aromatic ring is 1. The highest BCUT2D eigenvalue weighted by Crippen LogP contribution is 2.33. The van der Waals surface area contributed by atoms with E-state index in [0.29, 0.717) is 28.0 Å². The van der Waals surface area contributed by atoms with E-state index in [9.17, 15) is 22.0 Å². The van der Waals surface area contributed by atoms with Gasteiger partial charge in [-0.1, -0.05) is 26.0 Å². The number of anilines is 2. The number of halogens is 2. The fourth-order valence-corrected chi connectivity index (χ4v) is 5.91. The van der Waals surface area contributed by atoms with Crippen LogP contribution in [0.1, 0.15) is 53.4 Å². The second kappa shape index (κ2) is 11.9. The Morgan fingerprint density at radius 3 is 2.60 bits per heavy atom. The Hall–Kier alpha value is -4.71. The Bertz CT molecular complexity index is 1930. The Morgan fingerprint density at radius 1 is 1.14 bits per heavy atom. The van der Waals surface area contributed by atoms with E-state index in [4.69, 9.17) is 10.5 Å². The highest BCUT2D eigenvalue weighted by molar-refractivity contribution is 7.92. The first-order valence-electron chi connectivity index (χ1n) is 13.6. The number of rotatable bonds is 11. The third kappa shape index (κ3) is 6.24. The van der Waals surface area contributed by atoms with E-state index in [2.05, 4.69) is 14.8 Å². The van der Waals surface area contributed by atoms with Gasteiger partial charge in [-0.25, -0.2) is 17.5 Å². The van der Waals surface area contributed by atoms with Gasteiger partial charge >= 0.3 is 0 Å². The lowest BCUT2D eigenvalue weighted by atomic mass is 9.99. The third-order valence-corrected chi connectivity index (χ3v) is 8.34. The number of aryl methyl sites for hydroxylation is 1. The molecule has 2 heterocycles. The van der Waals surface area contributed by atoms with Crippen LogP contribution in [0.4, 0.5) is 20.3 Å². The Kier molecular flexibility index (Phi) is 8.23. The number of H-pyrrole nitrogens is 1. The molecule has 0 aliphatic heterocycles. The maximum absolute atomic E-state index is 14.0. The quantitative estimate of drug-likeness (QED) is 0.144. The van der Waals surface area contributed by atoms with E-state index in [1.54, 1.807) is 42.5 Å². The molecule has 0 radical (unpaired) electrons. The molecular weight excluding hydrogens is 576 g/mol. The first kappa shape index (κ1) is 29.8. The van der Waals surface area contributed by atoms with E-state index in [0.717, 1.165) is 11.1 Å². The summed E-state index contributed by atoms with van der Waals surface area (Å²) >= 11 is 0. The van der Waals surface area contributed by atoms with Gasteiger partial charge in [0.2, 0.25) is 15.8 Å². The molecule has 0 unspecified atom stereocenters. The Morgan fingerprint density at radius 2 is 1.91 bits per heavy atom. The minimum Gasteiger partial charge on any atom is -0.454 e. The number of ether oxygens (including phenoxy) is 1. The van der Waals surface area contributed by atoms with Crippen molar-refractivity contribution in [3.05, 3.63) is 95.1 Å². The largest absolute Gasteiger partial charge is 0.454 e. The van der Waals surface area contributed by atoms with Crippen molar-refractivity contribution in [2.45, 2.75) is 33.1 Å². The third-order valence-electron chi connectivity index (χ3n) is 6.98. The summed E-state index contributed by atoms with van der Waals surface area (Å²) in [5.41, 5.74) is 9.81. The molecule has 0 atom stereocenters. The number of carbonyl (C=O) groups is 1. The number of benzene rings is 3. The van der Waals surface area contributed by atoms with Crippen LogP contribution in [0.25, 0.3) is 16.6 Å². The molecule has 224 valence electrons. The zero-order valence-corrected chi connectivity index (χ0v) is 24.6. The number of fused-ring (bicyclic) bond motifs is 1. The van der Waals surface area contributed by atoms with Crippen LogP contribution in [0.5, 0.6) is 11.5 Å². The number of hydrogen-bond donors (Lipinski definition) is 3. The van der Waals surface area contributed by atoms with Crippen molar-refractivity contribution in [3.8, 4) is 17.2 Å². The van der Waals surface area contributed by atoms with Gasteiger partial charge in [0.25, 0.3) is 0 Å². The lowest BCUT2D eigenvalue weighted by molar-refractivity contribution is 0.103. The average molecular weight is 608 g/mol. The first-order chi connectivity index (χ1) is 20.5. The summed E-state index contributed by atoms with van der Waals surface area (Å²) < 4.78 is 61.2. The van der Waals surface area contributed by atoms with Crippen molar-refractivity contribution in [3.63, 3.8) is 0 Å². The van der Waals surface area contributed by atoms with Gasteiger partial charge < -0.3 is 15.5 Å². The van der Waals surface area contributed by atoms with Gasteiger partial charge in [-0.2, -0.15) is 5.10 Å². The summed E-state index contributed by atoms with van der Waals surface area (Å²) in [5, 5.41) is 5.06. The predicted octanol–water partition coefficient (Wildman–Crippen LogP) is 6.63. The van der Waals surface area contributed by atoms with Crippen molar-refractivity contribution in [1.29, 1.82) is 0 Å². The molecule has 2 aromatic heterocycles. The molecule has 0 aliphatic carbocycles. The molecule has 0 fully saturated rings. The SMILES string of the molecule is Cc1cc(Oc2ccccc2F)ccc1-n1ncc(C(=O)c2cc3cc(C(C)C)c(NS(=O)(=O)CCCF)cc3[nH]2)c1N. The lowest BCUT2D eigenvalue weighted by Crippen LogP contribution is -2.18. The van der Waals surface area contributed by atoms with Gasteiger partial charge in [0, 0.05) is 10.9 Å². The number of nitrogens with one attached hydrogen (secondary N) is 2. The number of sulfonamides is 1. The van der Waals surface area contributed by atoms with E-state index >= 15 is 0 Å². The predicted molar refractivity (Wildman–Crippen MR) is 163 cm³/mol. The normalized spacial score (nSPS) is 11.8. The summed E-state index contributed by atoms with van der Waals surface area (Å²) in [7, 11) is -3.75. The second-order valence-electron chi connectivity index (χ2n) is 10.5. The number of nitrogens with zero attached hydrogens (tertiary/aromatic N) is 2. The number of para-hydroxylation sites is 1. The number of aromatic amines is 1. The highest BCUT2D eigenvalue weighted by atomic mass is 32.2. The van der Waals surface area contributed by atoms with Crippen LogP contribution >= 0.6 is 0 Å². The maximum atomic E-state index is 14.0. The van der Waals surface area contributed by atoms with Crippen LogP contribution in [0.15, 0.2) is 66.9 Å². The molecule has 4 N–H and O–H groups in total. The van der Waals surface area contributed by atoms with Crippen molar-refractivity contribution < 1.29 is 26.7 Å². The zero-order valence-electron chi connectivity index (χ0n) is 23.8. The molecule has 0 saturated carbocycles. The highest BCUT2D eigenvalue weighted by Gasteiger charge is 2.22. The van der Waals surface area contributed by atoms with Crippen LogP contribution in [0.2, 0.25) is 0 Å². The summed E-state index contributed by atoms with van der Waals surface area (Å²) in [5.74, 6) is -0.591. The van der Waals surface area contributed by atoms with Crippen molar-refractivity contribution >= 4 is 38.2 Å². The molecule has 0 spiro atoms. The fraction of sp³-hybridized carbons (Fsp3) is 0.226. The van der Waals surface area contributed by atoms with Gasteiger partial charge in [-0.3, -0.25) is 13.9 Å². The molecule has 5 aromatic rings. The van der Waals surface area contributed by atoms with Gasteiger partial charge in [-0.05, 0) is 78.9 Å². The number of ketones is 1. The van der Waals surface area contributed by atoms with E-state index in [1.807, 2.05) is 26.8 Å². The molecule has 12 heteroatoms. The molecular formula is C31H31F2N5O4S. The Balaban J connectivity index is 1.43. The summed E-state index contributed by atoms with van der Waals surface area (Å²) in [4.78, 5) is 16.6. The summed E-state index contributed by atoms with van der Waals surface area (Å²) in [6.45, 7) is 4.94. The molecule has 43 heavy (non-hydrogen) atoms. The fourth-order valence-electron chi connectivity index (χ4n) is 4.80. The van der Waals surface area contributed by atoms with Crippen LogP contribution < -0.4 is 15.2 Å². The van der Waals surface area contributed by atoms with E-state index < -0.39 is 28.3 Å². The van der Waals surface area contributed by atoms with E-state index in [-0.39, 0.29) is 40.9 Å². The van der Waals surface area contributed by atoms with Crippen LogP contribution in [0, 0.1) is 12.7 Å². The topological polar surface area (TPSA) is 132 Å². The standard InChI is InChI=1S/C31H31F2N5O4S/c1-18(2)22-14-20-15-27(36-25(20)16-26(22)37-43(40,41)12-6-11-32)30(39)23-17-35-38(31(23)34)28-10-9-21(13-19(28)3)42-29-8-5-4-7-24(29)33/h4-5,7-10,13-18,36-37H,6,11-12,34H2,1-3H3. The number of alkyl halides is 1. The first-order valence-corrected chi connectivity index (χ1v) is 15.3. The van der Waals surface area contributed by atoms with Gasteiger partial charge in [0.1, 0.15) is 11.6 Å². The molecule has 0 saturated heterocycles. The maximum Gasteiger partial charge on any atom is 0.232 e. The van der Waals surface area contributed by atoms with E-state index in [1.165, 1.54) is 23.0 Å². The second-order valence-corrected chi connectivity index (χ2v) is 12.3. The smallest absolute Gasteiger partial charge is 0.232 e. The van der Waals surface area contributed by atoms with Crippen molar-refractivity contribution in [2.24, 2.45) is 0 Å². The van der Waals surface area contributed by atoms with Gasteiger partial charge in [0.15, 0.2) is 11.6 Å². The molecule has 3 aromatic carbocycles. The minimum absolute atomic E-state index is 0.0297. The van der Waals surface area contributed by atoms with Gasteiger partial charge in [0.05, 0.1) is 41.3 Å². The number of carbonyl (C=O) groups excluding carboxylic acids is 1. The molecule has 0 amide bonds. The average Bonchev–Trinajstić information content (AvgIpc) is 3.55. The number of aromatic nitrogens is 3.